The number of amides is 1. The van der Waals surface area contributed by atoms with E-state index in [1.807, 2.05) is 0 Å². The molecule has 13 atom stereocenters. The third kappa shape index (κ3) is 15.9. The van der Waals surface area contributed by atoms with Gasteiger partial charge >= 0.3 is 29.7 Å². The molecule has 0 spiro atoms. The van der Waals surface area contributed by atoms with Crippen LogP contribution in [0.25, 0.3) is 10.8 Å². The molecular formula is C72H85N3O19. The number of esters is 4. The molecule has 4 aliphatic heterocycles. The standard InChI is InChI=1S/C72H85N3O19/c1-11-12-13-14-15-25-36-75(68-65(93-71(86)49-33-23-18-24-34-49)64(92-70(85)48-31-21-17-22-32-48)52(91-68)39-88-69(84)47-29-19-16-20-30-47)73-38-50-56-61(81)54-53(60(50)80)55-63(45(7)59(54)79)94-72(9,66(55)82)89-37-35-51(87-10)42(4)62(90-46(8)76)44(6)58(78)43(5)57(77)40(2)27-26-28-41(3)67(83)74-56/h16-24,26-35,37-38,40,42-44,51-52,57-58,62,64-65,68,77-81H,11-15,25,36,39H2,1-10H3,(H,74,83). The molecule has 0 aliphatic carbocycles. The lowest BCUT2D eigenvalue weighted by atomic mass is 9.78. The number of Topliss-reactive ketones (excluding diaryl/α,β-unsaturated/α-hetero) is 1. The highest BCUT2D eigenvalue weighted by molar-refractivity contribution is 6.24. The minimum absolute atomic E-state index is 0.0146. The Balaban J connectivity index is 1.31. The number of phenolic OH excluding ortho intramolecular Hbond substituents is 3. The van der Waals surface area contributed by atoms with Crippen molar-refractivity contribution < 1.29 is 92.2 Å². The van der Waals surface area contributed by atoms with Crippen molar-refractivity contribution in [3.05, 3.63) is 161 Å². The van der Waals surface area contributed by atoms with E-state index in [2.05, 4.69) is 12.2 Å². The van der Waals surface area contributed by atoms with Gasteiger partial charge in [-0.2, -0.15) is 5.10 Å². The number of allylic oxidation sites excluding steroid dienone is 2. The summed E-state index contributed by atoms with van der Waals surface area (Å²) in [4.78, 5) is 84.5. The van der Waals surface area contributed by atoms with Gasteiger partial charge in [0.2, 0.25) is 0 Å². The maximum atomic E-state index is 15.2. The van der Waals surface area contributed by atoms with Gasteiger partial charge < -0.3 is 68.7 Å². The summed E-state index contributed by atoms with van der Waals surface area (Å²) in [5.41, 5.74) is -0.837. The van der Waals surface area contributed by atoms with Crippen LogP contribution in [0.5, 0.6) is 23.0 Å². The third-order valence-corrected chi connectivity index (χ3v) is 17.6. The molecule has 0 saturated carbocycles. The largest absolute Gasteiger partial charge is 0.507 e. The zero-order valence-corrected chi connectivity index (χ0v) is 54.6. The molecule has 502 valence electrons. The molecule has 5 aromatic carbocycles. The maximum absolute atomic E-state index is 15.2. The van der Waals surface area contributed by atoms with E-state index in [9.17, 15) is 49.5 Å². The fraction of sp³-hybridized carbons (Fsp3) is 0.431. The van der Waals surface area contributed by atoms with Gasteiger partial charge in [-0.25, -0.2) is 14.4 Å². The predicted octanol–water partition coefficient (Wildman–Crippen LogP) is 10.8. The smallest absolute Gasteiger partial charge is 0.338 e. The summed E-state index contributed by atoms with van der Waals surface area (Å²) < 4.78 is 49.3. The number of phenols is 3. The summed E-state index contributed by atoms with van der Waals surface area (Å²) in [5, 5.41) is 69.3. The molecule has 0 radical (unpaired) electrons. The van der Waals surface area contributed by atoms with Crippen LogP contribution in [0.1, 0.15) is 146 Å². The van der Waals surface area contributed by atoms with E-state index in [1.165, 1.54) is 82.3 Å². The molecule has 94 heavy (non-hydrogen) atoms. The Labute approximate surface area is 546 Å². The van der Waals surface area contributed by atoms with Gasteiger partial charge in [0.05, 0.1) is 69.7 Å². The quantitative estimate of drug-likeness (QED) is 0.00851. The fourth-order valence-corrected chi connectivity index (χ4v) is 12.0. The number of benzene rings is 5. The van der Waals surface area contributed by atoms with Gasteiger partial charge in [0, 0.05) is 67.7 Å². The number of hydrogen-bond donors (Lipinski definition) is 6. The molecule has 9 rings (SSSR count). The van der Waals surface area contributed by atoms with Crippen molar-refractivity contribution in [2.75, 3.05) is 25.6 Å². The number of anilines is 1. The van der Waals surface area contributed by atoms with Gasteiger partial charge in [0.15, 0.2) is 24.2 Å². The Morgan fingerprint density at radius 3 is 1.88 bits per heavy atom. The Kier molecular flexibility index (Phi) is 23.9. The number of carbonyl (C=O) groups is 6. The van der Waals surface area contributed by atoms with Crippen molar-refractivity contribution in [1.82, 2.24) is 5.01 Å². The highest BCUT2D eigenvalue weighted by atomic mass is 16.7. The van der Waals surface area contributed by atoms with E-state index >= 15 is 4.79 Å². The lowest BCUT2D eigenvalue weighted by Crippen LogP contribution is -2.46. The molecule has 5 aromatic rings. The molecule has 1 fully saturated rings. The van der Waals surface area contributed by atoms with Crippen LogP contribution in [0.4, 0.5) is 5.69 Å². The van der Waals surface area contributed by atoms with Crippen LogP contribution >= 0.6 is 0 Å². The van der Waals surface area contributed by atoms with Crippen LogP contribution in [0, 0.1) is 30.6 Å². The number of aliphatic hydroxyl groups excluding tert-OH is 2. The second-order valence-electron chi connectivity index (χ2n) is 24.3. The van der Waals surface area contributed by atoms with Crippen molar-refractivity contribution in [3.8, 4) is 23.0 Å². The van der Waals surface area contributed by atoms with Gasteiger partial charge in [0.25, 0.3) is 11.7 Å². The first kappa shape index (κ1) is 70.8. The van der Waals surface area contributed by atoms with E-state index < -0.39 is 160 Å². The average Bonchev–Trinajstić information content (AvgIpc) is 1.46. The summed E-state index contributed by atoms with van der Waals surface area (Å²) in [6.45, 7) is 13.7. The molecule has 13 unspecified atom stereocenters. The van der Waals surface area contributed by atoms with Crippen LogP contribution in [0.3, 0.4) is 0 Å². The number of carbonyl (C=O) groups excluding carboxylic acids is 6. The number of hydrogen-bond acceptors (Lipinski definition) is 21. The molecule has 1 amide bonds. The zero-order valence-electron chi connectivity index (χ0n) is 54.6. The lowest BCUT2D eigenvalue weighted by Gasteiger charge is -2.38. The Hall–Kier alpha value is -9.09. The van der Waals surface area contributed by atoms with Crippen molar-refractivity contribution in [2.24, 2.45) is 28.8 Å². The van der Waals surface area contributed by atoms with Gasteiger partial charge in [0.1, 0.15) is 36.1 Å². The van der Waals surface area contributed by atoms with Gasteiger partial charge in [-0.15, -0.1) is 0 Å². The first-order valence-electron chi connectivity index (χ1n) is 31.7. The number of nitrogens with one attached hydrogen (secondary N) is 1. The molecule has 22 nitrogen and oxygen atoms in total. The Morgan fingerprint density at radius 2 is 1.29 bits per heavy atom. The van der Waals surface area contributed by atoms with Crippen LogP contribution in [-0.4, -0.2) is 147 Å². The van der Waals surface area contributed by atoms with Crippen LogP contribution < -0.4 is 10.1 Å². The molecule has 22 heteroatoms. The number of aromatic hydroxyl groups is 3. The van der Waals surface area contributed by atoms with Crippen molar-refractivity contribution in [1.29, 1.82) is 0 Å². The van der Waals surface area contributed by atoms with Crippen molar-refractivity contribution >= 4 is 58.2 Å². The highest BCUT2D eigenvalue weighted by Gasteiger charge is 2.54. The second-order valence-corrected chi connectivity index (χ2v) is 24.3. The van der Waals surface area contributed by atoms with E-state index in [-0.39, 0.29) is 45.7 Å². The molecule has 5 bridgehead atoms. The Morgan fingerprint density at radius 1 is 0.702 bits per heavy atom. The van der Waals surface area contributed by atoms with Gasteiger partial charge in [-0.05, 0) is 62.7 Å². The number of hydrazone groups is 1. The number of ketones is 1. The molecule has 0 aromatic heterocycles. The Bertz CT molecular complexity index is 3650. The monoisotopic (exact) mass is 1300 g/mol. The summed E-state index contributed by atoms with van der Waals surface area (Å²) in [6, 6.07) is 24.2. The topological polar surface area (TPSA) is 305 Å². The van der Waals surface area contributed by atoms with Gasteiger partial charge in [-0.3, -0.25) is 19.4 Å². The SMILES string of the molecule is CCCCCCCCN(N=Cc1c2c(O)c3c(O)c(C)c4c(c3c1O)C(=O)C(C)(OC=CC(OC)C(C)C(OC(C)=O)C(C)C(O)C(C)C(O)C(C)C=CC=C(C)C(=O)N2)O4)C1OC(COC(=O)c2ccccc2)C(OC(=O)c2ccccc2)C1OC(=O)c1ccccc1. The third-order valence-electron chi connectivity index (χ3n) is 17.6. The maximum Gasteiger partial charge on any atom is 0.338 e. The van der Waals surface area contributed by atoms with Crippen LogP contribution in [-0.2, 0) is 42.7 Å². The average molecular weight is 1300 g/mol. The molecule has 4 heterocycles. The van der Waals surface area contributed by atoms with Crippen molar-refractivity contribution in [3.63, 3.8) is 0 Å². The number of unbranched alkanes of at least 4 members (excludes halogenated alkanes) is 5. The number of ether oxygens (including phenoxy) is 8. The van der Waals surface area contributed by atoms with Crippen LogP contribution in [0.2, 0.25) is 0 Å². The van der Waals surface area contributed by atoms with E-state index in [1.54, 1.807) is 101 Å². The summed E-state index contributed by atoms with van der Waals surface area (Å²) in [6.07, 6.45) is 2.83. The normalized spacial score (nSPS) is 25.7. The molecule has 6 N–H and O–H groups in total. The van der Waals surface area contributed by atoms with Crippen molar-refractivity contribution in [2.45, 2.75) is 156 Å². The summed E-state index contributed by atoms with van der Waals surface area (Å²) >= 11 is 0. The predicted molar refractivity (Wildman–Crippen MR) is 348 cm³/mol. The fourth-order valence-electron chi connectivity index (χ4n) is 12.0. The second kappa shape index (κ2) is 31.7. The minimum Gasteiger partial charge on any atom is -0.507 e. The molecule has 4 aliphatic rings. The lowest BCUT2D eigenvalue weighted by molar-refractivity contribution is -0.160. The number of nitrogens with zero attached hydrogens (tertiary/aromatic N) is 2. The number of fused-ring (bicyclic) bond motifs is 14. The molecular weight excluding hydrogens is 1210 g/mol. The van der Waals surface area contributed by atoms with Crippen LogP contribution in [0.15, 0.2) is 132 Å². The number of rotatable bonds is 19. The highest BCUT2D eigenvalue weighted by Crippen LogP contribution is 2.55. The summed E-state index contributed by atoms with van der Waals surface area (Å²) in [5.74, 6) is -12.4. The van der Waals surface area contributed by atoms with E-state index in [0.29, 0.717) is 12.8 Å². The number of aliphatic hydroxyl groups is 2. The van der Waals surface area contributed by atoms with Gasteiger partial charge in [-0.1, -0.05) is 140 Å². The summed E-state index contributed by atoms with van der Waals surface area (Å²) in [7, 11) is 1.40. The zero-order chi connectivity index (χ0) is 68.1. The number of methoxy groups -OCH3 is 1. The van der Waals surface area contributed by atoms with E-state index in [0.717, 1.165) is 38.2 Å². The molecule has 1 saturated heterocycles. The minimum atomic E-state index is -2.23. The first-order chi connectivity index (χ1) is 44.9. The van der Waals surface area contributed by atoms with E-state index in [4.69, 9.17) is 43.0 Å². The first-order valence-corrected chi connectivity index (χ1v) is 31.7.